The third kappa shape index (κ3) is 15.1. The van der Waals surface area contributed by atoms with Crippen molar-refractivity contribution in [3.63, 3.8) is 0 Å². The smallest absolute Gasteiger partial charge is 0.309 e. The highest BCUT2D eigenvalue weighted by Crippen LogP contribution is 2.43. The van der Waals surface area contributed by atoms with Gasteiger partial charge in [0.1, 0.15) is 36.2 Å². The van der Waals surface area contributed by atoms with E-state index in [4.69, 9.17) is 31.2 Å². The molecule has 6 aromatic carbocycles. The molecule has 2 saturated heterocycles. The van der Waals surface area contributed by atoms with Gasteiger partial charge in [0, 0.05) is 66.8 Å². The Balaban J connectivity index is 0.000000193. The van der Waals surface area contributed by atoms with E-state index in [2.05, 4.69) is 58.0 Å². The van der Waals surface area contributed by atoms with Crippen molar-refractivity contribution in [1.29, 1.82) is 0 Å². The zero-order valence-electron chi connectivity index (χ0n) is 45.0. The molecule has 2 aromatic heterocycles. The standard InChI is InChI=1S/C34H35NO5S2.C32H31NO3S/c1-3-5-23-42(37,38)40-29-16-12-27(13-17-29)34-32(30-18-9-25(4-2)24-31(30)41-34)33(36)26-10-14-28(15-11-26)39-22-21-35-19-7-6-8-20-35;1-3-24-9-16-29-30(32(37-31(29)22-24)26-10-14-28(15-11-26)36-23(2)34)21-25-7-12-27(13-8-25)35-20-19-33-17-5-4-6-18-33/h2,9-18,24H,3,5-8,19-23H2,1H3;1,7-16,22H,4-6,17-21H2,2H3. The molecule has 0 unspecified atom stereocenters. The highest BCUT2D eigenvalue weighted by Gasteiger charge is 2.23. The van der Waals surface area contributed by atoms with Gasteiger partial charge in [-0.3, -0.25) is 19.4 Å². The largest absolute Gasteiger partial charge is 0.492 e. The predicted octanol–water partition coefficient (Wildman–Crippen LogP) is 14.1. The van der Waals surface area contributed by atoms with Gasteiger partial charge in [0.15, 0.2) is 5.78 Å². The van der Waals surface area contributed by atoms with E-state index in [0.717, 1.165) is 94.3 Å². The molecule has 2 fully saturated rings. The number of benzene rings is 6. The summed E-state index contributed by atoms with van der Waals surface area (Å²) in [6, 6.07) is 42.2. The quantitative estimate of drug-likeness (QED) is 0.0240. The second-order valence-corrected chi connectivity index (χ2v) is 23.7. The second-order valence-electron chi connectivity index (χ2n) is 19.9. The van der Waals surface area contributed by atoms with Gasteiger partial charge in [-0.1, -0.05) is 62.3 Å². The molecule has 79 heavy (non-hydrogen) atoms. The third-order valence-electron chi connectivity index (χ3n) is 14.2. The Morgan fingerprint density at radius 2 is 1.09 bits per heavy atom. The van der Waals surface area contributed by atoms with E-state index in [1.165, 1.54) is 96.0 Å². The normalized spacial score (nSPS) is 13.9. The van der Waals surface area contributed by atoms with Crippen molar-refractivity contribution in [1.82, 2.24) is 9.80 Å². The van der Waals surface area contributed by atoms with Gasteiger partial charge >= 0.3 is 16.1 Å². The molecule has 13 heteroatoms. The van der Waals surface area contributed by atoms with Crippen molar-refractivity contribution in [2.24, 2.45) is 0 Å². The van der Waals surface area contributed by atoms with Gasteiger partial charge in [0.25, 0.3) is 0 Å². The van der Waals surface area contributed by atoms with E-state index in [1.54, 1.807) is 47.7 Å². The topological polar surface area (TPSA) is 112 Å². The van der Waals surface area contributed by atoms with Gasteiger partial charge in [-0.25, -0.2) is 0 Å². The molecule has 0 atom stereocenters. The first-order valence-corrected chi connectivity index (χ1v) is 30.5. The van der Waals surface area contributed by atoms with Crippen LogP contribution in [-0.4, -0.2) is 88.2 Å². The van der Waals surface area contributed by atoms with Crippen molar-refractivity contribution in [2.75, 3.05) is 58.2 Å². The van der Waals surface area contributed by atoms with E-state index in [9.17, 15) is 18.0 Å². The Bertz CT molecular complexity index is 3560. The highest BCUT2D eigenvalue weighted by atomic mass is 32.2. The Kier molecular flexibility index (Phi) is 19.4. The van der Waals surface area contributed by atoms with Crippen molar-refractivity contribution in [2.45, 2.75) is 71.6 Å². The van der Waals surface area contributed by atoms with Crippen LogP contribution in [-0.2, 0) is 21.3 Å². The van der Waals surface area contributed by atoms with Gasteiger partial charge < -0.3 is 18.4 Å². The van der Waals surface area contributed by atoms with Crippen LogP contribution in [0.4, 0.5) is 0 Å². The number of esters is 1. The Hall–Kier alpha value is -7.23. The SMILES string of the molecule is C#Cc1ccc2c(C(=O)c3ccc(OCCN4CCCCC4)cc3)c(-c3ccc(OS(=O)(=O)CCCC)cc3)sc2c1.C#Cc1ccc2c(Cc3ccc(OCCN4CCCCC4)cc3)c(-c3ccc(OC(C)=O)cc3)sc2c1. The number of thiophene rings is 2. The maximum Gasteiger partial charge on any atom is 0.309 e. The molecule has 0 aliphatic carbocycles. The van der Waals surface area contributed by atoms with Gasteiger partial charge in [-0.05, 0) is 202 Å². The van der Waals surface area contributed by atoms with Gasteiger partial charge in [0.2, 0.25) is 0 Å². The molecule has 8 aromatic rings. The van der Waals surface area contributed by atoms with E-state index in [-0.39, 0.29) is 23.3 Å². The molecule has 406 valence electrons. The average Bonchev–Trinajstić information content (AvgIpc) is 4.11. The molecule has 2 aliphatic heterocycles. The van der Waals surface area contributed by atoms with Crippen LogP contribution in [0.15, 0.2) is 133 Å². The first-order valence-electron chi connectivity index (χ1n) is 27.3. The summed E-state index contributed by atoms with van der Waals surface area (Å²) in [6.45, 7) is 11.2. The van der Waals surface area contributed by atoms with Crippen LogP contribution in [0, 0.1) is 24.7 Å². The fourth-order valence-electron chi connectivity index (χ4n) is 9.98. The molecule has 10 nitrogen and oxygen atoms in total. The fourth-order valence-corrected chi connectivity index (χ4v) is 13.6. The number of piperidine rings is 2. The monoisotopic (exact) mass is 1110 g/mol. The first-order chi connectivity index (χ1) is 38.4. The molecule has 0 radical (unpaired) electrons. The molecule has 10 rings (SSSR count). The van der Waals surface area contributed by atoms with E-state index in [0.29, 0.717) is 29.9 Å². The van der Waals surface area contributed by atoms with Crippen LogP contribution in [0.5, 0.6) is 23.0 Å². The first kappa shape index (κ1) is 56.5. The van der Waals surface area contributed by atoms with Crippen molar-refractivity contribution >= 4 is 64.7 Å². The maximum atomic E-state index is 14.0. The van der Waals surface area contributed by atoms with Crippen molar-refractivity contribution in [3.8, 4) is 68.6 Å². The van der Waals surface area contributed by atoms with Crippen molar-refractivity contribution < 1.29 is 36.4 Å². The van der Waals surface area contributed by atoms with Crippen LogP contribution in [0.3, 0.4) is 0 Å². The third-order valence-corrected chi connectivity index (χ3v) is 17.9. The number of carbonyl (C=O) groups is 2. The summed E-state index contributed by atoms with van der Waals surface area (Å²) in [4.78, 5) is 32.2. The number of nitrogens with zero attached hydrogens (tertiary/aromatic N) is 2. The van der Waals surface area contributed by atoms with Gasteiger partial charge in [-0.2, -0.15) is 8.42 Å². The summed E-state index contributed by atoms with van der Waals surface area (Å²) in [6.07, 6.45) is 21.2. The number of unbranched alkanes of at least 4 members (excludes halogenated alkanes) is 1. The van der Waals surface area contributed by atoms with Gasteiger partial charge in [0.05, 0.1) is 5.75 Å². The van der Waals surface area contributed by atoms with Crippen LogP contribution >= 0.6 is 22.7 Å². The molecular formula is C66H66N2O8S3. The zero-order chi connectivity index (χ0) is 55.1. The summed E-state index contributed by atoms with van der Waals surface area (Å²) >= 11 is 3.22. The summed E-state index contributed by atoms with van der Waals surface area (Å²) in [5.41, 5.74) is 7.13. The van der Waals surface area contributed by atoms with Gasteiger partial charge in [-0.15, -0.1) is 35.5 Å². The number of terminal acetylenes is 2. The second kappa shape index (κ2) is 27.1. The summed E-state index contributed by atoms with van der Waals surface area (Å²) < 4.78 is 49.1. The number of carbonyl (C=O) groups excluding carboxylic acids is 2. The maximum absolute atomic E-state index is 14.0. The lowest BCUT2D eigenvalue weighted by atomic mass is 9.97. The Morgan fingerprint density at radius 1 is 0.595 bits per heavy atom. The van der Waals surface area contributed by atoms with E-state index in [1.807, 2.05) is 67.6 Å². The minimum atomic E-state index is -3.66. The fraction of sp³-hybridized carbons (Fsp3) is 0.303. The number of rotatable bonds is 20. The van der Waals surface area contributed by atoms with Crippen LogP contribution in [0.2, 0.25) is 0 Å². The summed E-state index contributed by atoms with van der Waals surface area (Å²) in [5.74, 6) is 7.40. The molecule has 4 heterocycles. The van der Waals surface area contributed by atoms with E-state index >= 15 is 0 Å². The van der Waals surface area contributed by atoms with Crippen LogP contribution in [0.25, 0.3) is 41.1 Å². The number of ketones is 1. The van der Waals surface area contributed by atoms with Crippen LogP contribution in [0.1, 0.15) is 103 Å². The summed E-state index contributed by atoms with van der Waals surface area (Å²) in [5, 5.41) is 2.04. The number of hydrogen-bond donors (Lipinski definition) is 0. The van der Waals surface area contributed by atoms with Crippen LogP contribution < -0.4 is 18.4 Å². The predicted molar refractivity (Wildman–Crippen MR) is 322 cm³/mol. The molecule has 0 N–H and O–H groups in total. The van der Waals surface area contributed by atoms with Crippen molar-refractivity contribution in [3.05, 3.63) is 167 Å². The average molecular weight is 1110 g/mol. The summed E-state index contributed by atoms with van der Waals surface area (Å²) in [7, 11) is -3.66. The minimum absolute atomic E-state index is 0.0278. The highest BCUT2D eigenvalue weighted by molar-refractivity contribution is 7.87. The molecular weight excluding hydrogens is 1040 g/mol. The minimum Gasteiger partial charge on any atom is -0.492 e. The molecule has 0 amide bonds. The molecule has 2 aliphatic rings. The number of fused-ring (bicyclic) bond motifs is 2. The Morgan fingerprint density at radius 3 is 1.63 bits per heavy atom. The zero-order valence-corrected chi connectivity index (χ0v) is 47.4. The number of likely N-dealkylation sites (tertiary alicyclic amines) is 2. The lowest BCUT2D eigenvalue weighted by Crippen LogP contribution is -2.33. The Labute approximate surface area is 473 Å². The molecule has 0 bridgehead atoms. The lowest BCUT2D eigenvalue weighted by Gasteiger charge is -2.26. The molecule has 0 saturated carbocycles. The number of ether oxygens (including phenoxy) is 3. The number of hydrogen-bond acceptors (Lipinski definition) is 12. The van der Waals surface area contributed by atoms with E-state index < -0.39 is 10.1 Å². The molecule has 0 spiro atoms. The lowest BCUT2D eigenvalue weighted by molar-refractivity contribution is -0.131.